The van der Waals surface area contributed by atoms with Crippen molar-refractivity contribution in [3.63, 3.8) is 0 Å². The first-order valence-corrected chi connectivity index (χ1v) is 26.3. The Morgan fingerprint density at radius 3 is 1.55 bits per heavy atom. The van der Waals surface area contributed by atoms with E-state index in [0.29, 0.717) is 0 Å². The number of nitrogens with zero attached hydrogens (tertiary/aromatic N) is 1. The topological polar surface area (TPSA) is 318 Å². The predicted molar refractivity (Wildman–Crippen MR) is 286 cm³/mol. The number of fused-ring (bicyclic) bond motifs is 3. The van der Waals surface area contributed by atoms with E-state index in [1.807, 2.05) is 100 Å². The molecule has 78 heavy (non-hydrogen) atoms. The van der Waals surface area contributed by atoms with Crippen molar-refractivity contribution in [2.24, 2.45) is 11.5 Å². The van der Waals surface area contributed by atoms with Gasteiger partial charge in [-0.3, -0.25) is 13.8 Å². The van der Waals surface area contributed by atoms with Crippen molar-refractivity contribution in [1.82, 2.24) is 9.62 Å². The first-order chi connectivity index (χ1) is 36.7. The van der Waals surface area contributed by atoms with Crippen LogP contribution in [0.3, 0.4) is 0 Å². The molecule has 22 nitrogen and oxygen atoms in total. The van der Waals surface area contributed by atoms with Gasteiger partial charge in [0, 0.05) is 5.92 Å². The highest BCUT2D eigenvalue weighted by molar-refractivity contribution is 7.85. The summed E-state index contributed by atoms with van der Waals surface area (Å²) in [4.78, 5) is 69.3. The van der Waals surface area contributed by atoms with Crippen LogP contribution in [-0.2, 0) is 80.0 Å². The second-order valence-electron chi connectivity index (χ2n) is 19.3. The summed E-state index contributed by atoms with van der Waals surface area (Å²) in [5.41, 5.74) is 16.0. The van der Waals surface area contributed by atoms with E-state index in [1.54, 1.807) is 58.9 Å². The van der Waals surface area contributed by atoms with Gasteiger partial charge in [0.15, 0.2) is 12.1 Å². The Kier molecular flexibility index (Phi) is 26.8. The van der Waals surface area contributed by atoms with Gasteiger partial charge >= 0.3 is 46.4 Å². The van der Waals surface area contributed by atoms with Crippen molar-refractivity contribution in [1.29, 1.82) is 0 Å². The molecule has 0 unspecified atom stereocenters. The third kappa shape index (κ3) is 22.9. The molecule has 6 rings (SSSR count). The SMILES string of the molecule is CC(C)(C)OC(=O)N1[C@H](C(=O)OCc2ccccc2)COS1(=O)=O.CC(C)OC[C@H](N)C(=O)O.CC(C)OC[C@H](N)C(=O)OCc1ccccc1.CC(C)OC[C@H](NC(=O)OCC1c2ccccc2-c2ccccc21)C(=O)O. The molecule has 4 atom stereocenters. The molecule has 428 valence electrons. The van der Waals surface area contributed by atoms with Gasteiger partial charge in [-0.2, -0.15) is 12.7 Å². The van der Waals surface area contributed by atoms with Gasteiger partial charge in [-0.25, -0.2) is 19.2 Å². The summed E-state index contributed by atoms with van der Waals surface area (Å²) < 4.78 is 64.6. The molecular formula is C55H74N4O18S. The average molecular weight is 1110 g/mol. The van der Waals surface area contributed by atoms with Crippen LogP contribution in [0.1, 0.15) is 90.5 Å². The molecule has 1 aliphatic heterocycles. The van der Waals surface area contributed by atoms with E-state index in [1.165, 1.54) is 0 Å². The molecule has 0 spiro atoms. The number of nitrogens with two attached hydrogens (primary N) is 2. The van der Waals surface area contributed by atoms with Gasteiger partial charge < -0.3 is 60.2 Å². The maximum atomic E-state index is 12.2. The van der Waals surface area contributed by atoms with E-state index >= 15 is 0 Å². The van der Waals surface area contributed by atoms with Gasteiger partial charge in [-0.05, 0) is 95.7 Å². The van der Waals surface area contributed by atoms with Crippen LogP contribution in [0.4, 0.5) is 9.59 Å². The van der Waals surface area contributed by atoms with E-state index in [0.717, 1.165) is 33.4 Å². The molecule has 4 aromatic carbocycles. The van der Waals surface area contributed by atoms with Crippen molar-refractivity contribution in [2.75, 3.05) is 33.0 Å². The second-order valence-corrected chi connectivity index (χ2v) is 20.8. The van der Waals surface area contributed by atoms with Crippen molar-refractivity contribution in [3.8, 4) is 11.1 Å². The number of carboxylic acids is 2. The Morgan fingerprint density at radius 2 is 1.09 bits per heavy atom. The van der Waals surface area contributed by atoms with Gasteiger partial charge in [0.1, 0.15) is 44.1 Å². The van der Waals surface area contributed by atoms with Crippen molar-refractivity contribution < 1.29 is 84.7 Å². The lowest BCUT2D eigenvalue weighted by Crippen LogP contribution is -2.46. The standard InChI is InChI=1S/C21H23NO5.C15H19NO7S.C13H19NO3.C6H13NO3/c1-13(2)26-12-19(20(23)24)22-21(25)27-11-18-16-9-5-3-7-14(16)15-8-4-6-10-17(15)18;1-15(2,3)23-14(18)16-12(10-22-24(16,19)20)13(17)21-9-11-7-5-4-6-8-11;1-10(2)16-9-12(14)13(15)17-8-11-6-4-3-5-7-11;1-4(2)10-3-5(7)6(8)9/h3-10,13,18-19H,11-12H2,1-2H3,(H,22,25)(H,23,24);4-8,12H,9-10H2,1-3H3;3-7,10,12H,8-9,14H2,1-2H3;4-5H,3,7H2,1-2H3,(H,8,9)/t19-;2*12-;5-/m0000/s1. The summed E-state index contributed by atoms with van der Waals surface area (Å²) in [6, 6.07) is 30.2. The number of rotatable bonds is 20. The van der Waals surface area contributed by atoms with E-state index in [4.69, 9.17) is 49.7 Å². The summed E-state index contributed by atoms with van der Waals surface area (Å²) in [6.45, 7) is 15.8. The second kappa shape index (κ2) is 32.0. The summed E-state index contributed by atoms with van der Waals surface area (Å²) in [5.74, 6) is -3.58. The Hall–Kier alpha value is -6.99. The maximum absolute atomic E-state index is 12.2. The van der Waals surface area contributed by atoms with Crippen LogP contribution in [-0.4, -0.2) is 140 Å². The number of aliphatic carboxylic acids is 2. The Morgan fingerprint density at radius 1 is 0.641 bits per heavy atom. The molecule has 23 heteroatoms. The zero-order valence-electron chi connectivity index (χ0n) is 45.4. The van der Waals surface area contributed by atoms with Crippen LogP contribution in [0, 0.1) is 0 Å². The molecule has 2 aliphatic rings. The zero-order chi connectivity index (χ0) is 58.2. The minimum absolute atomic E-state index is 0.0328. The lowest BCUT2D eigenvalue weighted by Gasteiger charge is -2.25. The molecule has 0 saturated carbocycles. The highest BCUT2D eigenvalue weighted by Gasteiger charge is 2.49. The number of carbonyl (C=O) groups excluding carboxylic acids is 4. The van der Waals surface area contributed by atoms with Crippen LogP contribution in [0.15, 0.2) is 109 Å². The van der Waals surface area contributed by atoms with Crippen LogP contribution in [0.5, 0.6) is 0 Å². The molecule has 4 aromatic rings. The molecule has 0 bridgehead atoms. The summed E-state index contributed by atoms with van der Waals surface area (Å²) in [5, 5.41) is 19.9. The van der Waals surface area contributed by atoms with E-state index < -0.39 is 82.7 Å². The minimum atomic E-state index is -4.38. The molecule has 1 heterocycles. The number of hydrogen-bond acceptors (Lipinski definition) is 18. The molecule has 1 saturated heterocycles. The van der Waals surface area contributed by atoms with Crippen molar-refractivity contribution in [2.45, 2.75) is 130 Å². The number of amides is 2. The third-order valence-corrected chi connectivity index (χ3v) is 11.9. The zero-order valence-corrected chi connectivity index (χ0v) is 46.2. The molecule has 1 aliphatic carbocycles. The normalized spacial score (nSPS) is 15.3. The minimum Gasteiger partial charge on any atom is -0.480 e. The van der Waals surface area contributed by atoms with Crippen LogP contribution >= 0.6 is 0 Å². The predicted octanol–water partition coefficient (Wildman–Crippen LogP) is 6.32. The fourth-order valence-electron chi connectivity index (χ4n) is 6.76. The van der Waals surface area contributed by atoms with Gasteiger partial charge in [0.05, 0.1) is 38.1 Å². The molecule has 0 radical (unpaired) electrons. The Labute approximate surface area is 455 Å². The number of nitrogens with one attached hydrogen (secondary N) is 1. The Bertz CT molecular complexity index is 2600. The lowest BCUT2D eigenvalue weighted by atomic mass is 9.98. The van der Waals surface area contributed by atoms with Crippen LogP contribution in [0.2, 0.25) is 0 Å². The van der Waals surface area contributed by atoms with Gasteiger partial charge in [0.2, 0.25) is 0 Å². The van der Waals surface area contributed by atoms with Gasteiger partial charge in [-0.1, -0.05) is 109 Å². The first kappa shape index (κ1) is 65.3. The number of alkyl carbamates (subject to hydrolysis) is 1. The smallest absolute Gasteiger partial charge is 0.426 e. The molecular weight excluding hydrogens is 1040 g/mol. The highest BCUT2D eigenvalue weighted by Crippen LogP contribution is 2.44. The fraction of sp³-hybridized carbons (Fsp3) is 0.455. The maximum Gasteiger partial charge on any atom is 0.426 e. The first-order valence-electron chi connectivity index (χ1n) is 25.0. The van der Waals surface area contributed by atoms with Crippen molar-refractivity contribution >= 4 is 46.4 Å². The van der Waals surface area contributed by atoms with Crippen LogP contribution < -0.4 is 16.8 Å². The van der Waals surface area contributed by atoms with Gasteiger partial charge in [-0.15, -0.1) is 0 Å². The van der Waals surface area contributed by atoms with E-state index in [9.17, 15) is 42.3 Å². The van der Waals surface area contributed by atoms with Gasteiger partial charge in [0.25, 0.3) is 0 Å². The third-order valence-electron chi connectivity index (χ3n) is 10.6. The van der Waals surface area contributed by atoms with Crippen molar-refractivity contribution in [3.05, 3.63) is 131 Å². The summed E-state index contributed by atoms with van der Waals surface area (Å²) >= 11 is 0. The Balaban J connectivity index is 0.000000289. The van der Waals surface area contributed by atoms with Crippen LogP contribution in [0.25, 0.3) is 11.1 Å². The number of ether oxygens (including phenoxy) is 7. The van der Waals surface area contributed by atoms with E-state index in [2.05, 4.69) is 21.6 Å². The highest BCUT2D eigenvalue weighted by atomic mass is 32.2. The number of hydrogen-bond donors (Lipinski definition) is 5. The quantitative estimate of drug-likeness (QED) is 0.0477. The number of carbonyl (C=O) groups is 6. The number of esters is 2. The monoisotopic (exact) mass is 1110 g/mol. The summed E-state index contributed by atoms with van der Waals surface area (Å²) in [6.07, 6.45) is -1.98. The average Bonchev–Trinajstić information content (AvgIpc) is 3.90. The largest absolute Gasteiger partial charge is 0.480 e. The molecule has 1 fully saturated rings. The molecule has 0 aromatic heterocycles. The fourth-order valence-corrected chi connectivity index (χ4v) is 7.85. The summed E-state index contributed by atoms with van der Waals surface area (Å²) in [7, 11) is -4.38. The number of carboxylic acid groups (broad SMARTS) is 2. The lowest BCUT2D eigenvalue weighted by molar-refractivity contribution is -0.149. The molecule has 2 amide bonds. The number of benzene rings is 4. The van der Waals surface area contributed by atoms with E-state index in [-0.39, 0.29) is 68.2 Å². The molecule has 7 N–H and O–H groups in total.